The highest BCUT2D eigenvalue weighted by Gasteiger charge is 2.20. The maximum absolute atomic E-state index is 6.07. The molecular formula is C18H15ClN6OS. The summed E-state index contributed by atoms with van der Waals surface area (Å²) in [6, 6.07) is 15.3. The number of tetrazole rings is 1. The van der Waals surface area contributed by atoms with Crippen molar-refractivity contribution in [2.24, 2.45) is 0 Å². The van der Waals surface area contributed by atoms with E-state index in [2.05, 4.69) is 25.7 Å². The minimum atomic E-state index is -0.125. The topological polar surface area (TPSA) is 82.5 Å². The zero-order chi connectivity index (χ0) is 18.8. The van der Waals surface area contributed by atoms with Gasteiger partial charge in [-0.2, -0.15) is 4.68 Å². The van der Waals surface area contributed by atoms with Crippen LogP contribution in [0.2, 0.25) is 5.02 Å². The van der Waals surface area contributed by atoms with Crippen LogP contribution in [0.15, 0.2) is 58.1 Å². The summed E-state index contributed by atoms with van der Waals surface area (Å²) < 4.78 is 7.49. The number of halogens is 1. The van der Waals surface area contributed by atoms with Gasteiger partial charge in [-0.25, -0.2) is 0 Å². The van der Waals surface area contributed by atoms with E-state index in [1.807, 2.05) is 50.2 Å². The molecule has 0 saturated heterocycles. The van der Waals surface area contributed by atoms with Crippen molar-refractivity contribution in [3.8, 4) is 17.1 Å². The van der Waals surface area contributed by atoms with Crippen molar-refractivity contribution in [1.82, 2.24) is 30.4 Å². The van der Waals surface area contributed by atoms with Crippen LogP contribution in [0.4, 0.5) is 0 Å². The van der Waals surface area contributed by atoms with Crippen LogP contribution in [0.25, 0.3) is 17.1 Å². The van der Waals surface area contributed by atoms with Crippen molar-refractivity contribution in [3.63, 3.8) is 0 Å². The molecule has 136 valence electrons. The summed E-state index contributed by atoms with van der Waals surface area (Å²) in [6.45, 7) is 3.99. The van der Waals surface area contributed by atoms with Gasteiger partial charge in [-0.1, -0.05) is 47.1 Å². The maximum Gasteiger partial charge on any atom is 0.247 e. The average Bonchev–Trinajstić information content (AvgIpc) is 3.31. The van der Waals surface area contributed by atoms with Gasteiger partial charge < -0.3 is 4.42 Å². The van der Waals surface area contributed by atoms with Gasteiger partial charge in [0.25, 0.3) is 0 Å². The van der Waals surface area contributed by atoms with Gasteiger partial charge in [0.2, 0.25) is 16.9 Å². The number of hydrogen-bond donors (Lipinski definition) is 0. The van der Waals surface area contributed by atoms with E-state index >= 15 is 0 Å². The van der Waals surface area contributed by atoms with E-state index in [0.717, 1.165) is 16.8 Å². The van der Waals surface area contributed by atoms with E-state index in [1.165, 1.54) is 11.8 Å². The highest BCUT2D eigenvalue weighted by atomic mass is 35.5. The first-order valence-electron chi connectivity index (χ1n) is 8.21. The summed E-state index contributed by atoms with van der Waals surface area (Å²) in [5, 5.41) is 21.4. The van der Waals surface area contributed by atoms with Crippen LogP contribution in [0, 0.1) is 6.92 Å². The molecule has 9 heteroatoms. The van der Waals surface area contributed by atoms with Crippen LogP contribution >= 0.6 is 23.4 Å². The van der Waals surface area contributed by atoms with Crippen molar-refractivity contribution in [2.45, 2.75) is 24.3 Å². The van der Waals surface area contributed by atoms with E-state index in [0.29, 0.717) is 22.0 Å². The molecule has 0 amide bonds. The molecule has 4 rings (SSSR count). The first-order valence-corrected chi connectivity index (χ1v) is 9.47. The third-order valence-electron chi connectivity index (χ3n) is 3.83. The van der Waals surface area contributed by atoms with Crippen LogP contribution in [-0.4, -0.2) is 30.4 Å². The fourth-order valence-electron chi connectivity index (χ4n) is 2.52. The van der Waals surface area contributed by atoms with Gasteiger partial charge in [-0.05, 0) is 54.6 Å². The Hall–Kier alpha value is -2.71. The number of hydrogen-bond acceptors (Lipinski definition) is 7. The molecule has 4 aromatic rings. The third kappa shape index (κ3) is 3.86. The Morgan fingerprint density at radius 3 is 2.74 bits per heavy atom. The van der Waals surface area contributed by atoms with Crippen LogP contribution in [0.3, 0.4) is 0 Å². The molecule has 0 fully saturated rings. The second-order valence-electron chi connectivity index (χ2n) is 5.93. The van der Waals surface area contributed by atoms with Crippen molar-refractivity contribution in [2.75, 3.05) is 0 Å². The van der Waals surface area contributed by atoms with Crippen LogP contribution in [0.5, 0.6) is 0 Å². The normalized spacial score (nSPS) is 12.3. The number of aromatic nitrogens is 6. The molecule has 0 saturated carbocycles. The standard InChI is InChI=1S/C18H15ClN6OS/c1-11-5-3-6-13(9-11)17-21-20-16(26-17)12(2)27-18-22-23-24-25(18)15-8-4-7-14(19)10-15/h3-10,12H,1-2H3/t12-/m1/s1. The second kappa shape index (κ2) is 7.50. The van der Waals surface area contributed by atoms with E-state index < -0.39 is 0 Å². The van der Waals surface area contributed by atoms with E-state index in [1.54, 1.807) is 16.8 Å². The molecule has 2 aromatic carbocycles. The van der Waals surface area contributed by atoms with E-state index in [-0.39, 0.29) is 5.25 Å². The molecule has 7 nitrogen and oxygen atoms in total. The van der Waals surface area contributed by atoms with Crippen molar-refractivity contribution in [1.29, 1.82) is 0 Å². The predicted octanol–water partition coefficient (Wildman–Crippen LogP) is 4.53. The lowest BCUT2D eigenvalue weighted by molar-refractivity contribution is 0.508. The number of rotatable bonds is 5. The second-order valence-corrected chi connectivity index (χ2v) is 7.67. The van der Waals surface area contributed by atoms with Crippen molar-refractivity contribution >= 4 is 23.4 Å². The summed E-state index contributed by atoms with van der Waals surface area (Å²) in [7, 11) is 0. The Morgan fingerprint density at radius 2 is 1.93 bits per heavy atom. The van der Waals surface area contributed by atoms with Gasteiger partial charge in [-0.15, -0.1) is 15.3 Å². The molecule has 2 aromatic heterocycles. The van der Waals surface area contributed by atoms with Crippen LogP contribution in [-0.2, 0) is 0 Å². The number of aryl methyl sites for hydroxylation is 1. The summed E-state index contributed by atoms with van der Waals surface area (Å²) in [5.74, 6) is 1.01. The molecule has 0 aliphatic heterocycles. The van der Waals surface area contributed by atoms with Crippen molar-refractivity contribution in [3.05, 3.63) is 65.0 Å². The molecule has 0 aliphatic rings. The third-order valence-corrected chi connectivity index (χ3v) is 5.08. The fourth-order valence-corrected chi connectivity index (χ4v) is 3.55. The summed E-state index contributed by atoms with van der Waals surface area (Å²) in [6.07, 6.45) is 0. The largest absolute Gasteiger partial charge is 0.419 e. The molecule has 0 N–H and O–H groups in total. The predicted molar refractivity (Wildman–Crippen MR) is 103 cm³/mol. The van der Waals surface area contributed by atoms with Gasteiger partial charge >= 0.3 is 0 Å². The monoisotopic (exact) mass is 398 g/mol. The van der Waals surface area contributed by atoms with Gasteiger partial charge in [0.15, 0.2) is 0 Å². The highest BCUT2D eigenvalue weighted by molar-refractivity contribution is 7.99. The highest BCUT2D eigenvalue weighted by Crippen LogP contribution is 2.34. The van der Waals surface area contributed by atoms with E-state index in [4.69, 9.17) is 16.0 Å². The lowest BCUT2D eigenvalue weighted by Gasteiger charge is -2.07. The Morgan fingerprint density at radius 1 is 1.07 bits per heavy atom. The SMILES string of the molecule is Cc1cccc(-c2nnc([C@@H](C)Sc3nnnn3-c3cccc(Cl)c3)o2)c1. The Kier molecular flexibility index (Phi) is 4.91. The Labute approximate surface area is 164 Å². The van der Waals surface area contributed by atoms with Gasteiger partial charge in [0.1, 0.15) is 0 Å². The maximum atomic E-state index is 6.07. The molecule has 0 radical (unpaired) electrons. The molecule has 0 spiro atoms. The first kappa shape index (κ1) is 17.7. The molecule has 27 heavy (non-hydrogen) atoms. The van der Waals surface area contributed by atoms with E-state index in [9.17, 15) is 0 Å². The van der Waals surface area contributed by atoms with Gasteiger partial charge in [-0.3, -0.25) is 0 Å². The molecule has 2 heterocycles. The quantitative estimate of drug-likeness (QED) is 0.457. The van der Waals surface area contributed by atoms with Gasteiger partial charge in [0, 0.05) is 10.6 Å². The molecular weight excluding hydrogens is 384 g/mol. The zero-order valence-corrected chi connectivity index (χ0v) is 16.1. The molecule has 1 atom stereocenters. The number of benzene rings is 2. The minimum Gasteiger partial charge on any atom is -0.419 e. The van der Waals surface area contributed by atoms with Gasteiger partial charge in [0.05, 0.1) is 10.9 Å². The van der Waals surface area contributed by atoms with Crippen molar-refractivity contribution < 1.29 is 4.42 Å². The number of nitrogens with zero attached hydrogens (tertiary/aromatic N) is 6. The van der Waals surface area contributed by atoms with Crippen LogP contribution < -0.4 is 0 Å². The zero-order valence-electron chi connectivity index (χ0n) is 14.6. The molecule has 0 unspecified atom stereocenters. The lowest BCUT2D eigenvalue weighted by atomic mass is 10.1. The Balaban J connectivity index is 1.56. The molecule has 0 aliphatic carbocycles. The summed E-state index contributed by atoms with van der Waals surface area (Å²) >= 11 is 7.50. The number of thioether (sulfide) groups is 1. The lowest BCUT2D eigenvalue weighted by Crippen LogP contribution is -2.00. The average molecular weight is 399 g/mol. The Bertz CT molecular complexity index is 1080. The summed E-state index contributed by atoms with van der Waals surface area (Å²) in [4.78, 5) is 0. The first-order chi connectivity index (χ1) is 13.1. The minimum absolute atomic E-state index is 0.125. The van der Waals surface area contributed by atoms with Crippen LogP contribution in [0.1, 0.15) is 23.6 Å². The summed E-state index contributed by atoms with van der Waals surface area (Å²) in [5.41, 5.74) is 2.82. The fraction of sp³-hybridized carbons (Fsp3) is 0.167. The smallest absolute Gasteiger partial charge is 0.247 e. The molecule has 0 bridgehead atoms.